The Morgan fingerprint density at radius 1 is 0.226 bits per heavy atom. The fourth-order valence-electron chi connectivity index (χ4n) is 8.26. The van der Waals surface area contributed by atoms with Crippen LogP contribution in [-0.2, 0) is 0 Å². The number of benzene rings is 8. The summed E-state index contributed by atoms with van der Waals surface area (Å²) in [6.07, 6.45) is 0. The molecule has 0 unspecified atom stereocenters. The topological polar surface area (TPSA) is 90.7 Å². The molecule has 12 rings (SSSR count). The van der Waals surface area contributed by atoms with Crippen molar-refractivity contribution in [2.24, 2.45) is 0 Å². The van der Waals surface area contributed by atoms with Crippen LogP contribution in [0.4, 0.5) is 0 Å². The summed E-state index contributed by atoms with van der Waals surface area (Å²) < 4.78 is 12.6. The van der Waals surface area contributed by atoms with E-state index in [4.69, 9.17) is 33.8 Å². The molecule has 0 N–H and O–H groups in total. The van der Waals surface area contributed by atoms with Crippen molar-refractivity contribution in [2.75, 3.05) is 0 Å². The van der Waals surface area contributed by atoms with Crippen LogP contribution in [0, 0.1) is 0 Å². The summed E-state index contributed by atoms with van der Waals surface area (Å²) in [5, 5.41) is 4.22. The Bertz CT molecular complexity index is 3460. The smallest absolute Gasteiger partial charge is 0.164 e. The van der Waals surface area contributed by atoms with E-state index in [0.717, 1.165) is 99.8 Å². The SMILES string of the molecule is c1ccc(-c2cc(-c3cccc(-c4cccc(-c5nc(-c6ccc7c(c6)oc6ccccc67)nc(-c6ccc7c(c6)oc6ccccc67)n5)c4)c3)nc(-c3ccccc3)n2)cc1. The summed E-state index contributed by atoms with van der Waals surface area (Å²) in [6.45, 7) is 0. The third-order valence-electron chi connectivity index (χ3n) is 11.3. The van der Waals surface area contributed by atoms with Crippen molar-refractivity contribution in [1.82, 2.24) is 24.9 Å². The lowest BCUT2D eigenvalue weighted by Crippen LogP contribution is -2.00. The third kappa shape index (κ3) is 6.36. The maximum atomic E-state index is 6.29. The van der Waals surface area contributed by atoms with Gasteiger partial charge in [0, 0.05) is 54.9 Å². The molecule has 290 valence electrons. The van der Waals surface area contributed by atoms with Crippen LogP contribution in [0.15, 0.2) is 209 Å². The van der Waals surface area contributed by atoms with Gasteiger partial charge in [0.15, 0.2) is 23.3 Å². The summed E-state index contributed by atoms with van der Waals surface area (Å²) in [5.74, 6) is 2.30. The Hall–Kier alpha value is -8.55. The first-order valence-electron chi connectivity index (χ1n) is 20.5. The minimum atomic E-state index is 0.539. The predicted octanol–water partition coefficient (Wildman–Crippen LogP) is 14.1. The van der Waals surface area contributed by atoms with E-state index in [-0.39, 0.29) is 0 Å². The number of furan rings is 2. The molecule has 8 aromatic carbocycles. The Kier molecular flexibility index (Phi) is 8.35. The molecule has 0 atom stereocenters. The molecule has 0 spiro atoms. The largest absolute Gasteiger partial charge is 0.456 e. The predicted molar refractivity (Wildman–Crippen MR) is 248 cm³/mol. The molecule has 7 nitrogen and oxygen atoms in total. The number of nitrogens with zero attached hydrogens (tertiary/aromatic N) is 5. The van der Waals surface area contributed by atoms with Gasteiger partial charge in [0.25, 0.3) is 0 Å². The maximum Gasteiger partial charge on any atom is 0.164 e. The molecule has 0 aliphatic rings. The van der Waals surface area contributed by atoms with E-state index < -0.39 is 0 Å². The number of hydrogen-bond donors (Lipinski definition) is 0. The van der Waals surface area contributed by atoms with Crippen molar-refractivity contribution < 1.29 is 8.83 Å². The Balaban J connectivity index is 0.971. The van der Waals surface area contributed by atoms with E-state index in [0.29, 0.717) is 23.3 Å². The molecule has 0 saturated heterocycles. The highest BCUT2D eigenvalue weighted by molar-refractivity contribution is 6.06. The number of hydrogen-bond acceptors (Lipinski definition) is 7. The normalized spacial score (nSPS) is 11.5. The maximum absolute atomic E-state index is 6.29. The van der Waals surface area contributed by atoms with Gasteiger partial charge in [-0.05, 0) is 65.7 Å². The fraction of sp³-hybridized carbons (Fsp3) is 0. The second-order valence-corrected chi connectivity index (χ2v) is 15.3. The van der Waals surface area contributed by atoms with Gasteiger partial charge in [0.2, 0.25) is 0 Å². The van der Waals surface area contributed by atoms with E-state index in [1.165, 1.54) is 0 Å². The molecule has 7 heteroatoms. The van der Waals surface area contributed by atoms with E-state index in [1.807, 2.05) is 109 Å². The van der Waals surface area contributed by atoms with Crippen molar-refractivity contribution in [2.45, 2.75) is 0 Å². The fourth-order valence-corrected chi connectivity index (χ4v) is 8.26. The lowest BCUT2D eigenvalue weighted by atomic mass is 9.99. The van der Waals surface area contributed by atoms with Gasteiger partial charge in [-0.2, -0.15) is 0 Å². The Morgan fingerprint density at radius 2 is 0.613 bits per heavy atom. The second kappa shape index (κ2) is 14.6. The number of para-hydroxylation sites is 2. The lowest BCUT2D eigenvalue weighted by Gasteiger charge is -2.12. The van der Waals surface area contributed by atoms with E-state index in [9.17, 15) is 0 Å². The first-order chi connectivity index (χ1) is 30.7. The molecule has 0 amide bonds. The molecular formula is C55H33N5O2. The van der Waals surface area contributed by atoms with Crippen LogP contribution in [0.2, 0.25) is 0 Å². The lowest BCUT2D eigenvalue weighted by molar-refractivity contribution is 0.668. The van der Waals surface area contributed by atoms with Crippen LogP contribution < -0.4 is 0 Å². The molecule has 0 aliphatic carbocycles. The molecule has 0 fully saturated rings. The minimum Gasteiger partial charge on any atom is -0.456 e. The van der Waals surface area contributed by atoms with Gasteiger partial charge in [0.05, 0.1) is 11.4 Å². The van der Waals surface area contributed by atoms with Crippen LogP contribution in [-0.4, -0.2) is 24.9 Å². The molecular weight excluding hydrogens is 763 g/mol. The van der Waals surface area contributed by atoms with E-state index in [1.54, 1.807) is 0 Å². The quantitative estimate of drug-likeness (QED) is 0.159. The number of rotatable bonds is 7. The highest BCUT2D eigenvalue weighted by Crippen LogP contribution is 2.36. The van der Waals surface area contributed by atoms with E-state index in [2.05, 4.69) is 91.0 Å². The van der Waals surface area contributed by atoms with Crippen molar-refractivity contribution in [3.05, 3.63) is 200 Å². The summed E-state index contributed by atoms with van der Waals surface area (Å²) in [4.78, 5) is 25.4. The summed E-state index contributed by atoms with van der Waals surface area (Å²) in [6, 6.07) is 67.7. The van der Waals surface area contributed by atoms with Crippen molar-refractivity contribution in [1.29, 1.82) is 0 Å². The van der Waals surface area contributed by atoms with Crippen LogP contribution in [0.1, 0.15) is 0 Å². The number of fused-ring (bicyclic) bond motifs is 6. The molecule has 12 aromatic rings. The zero-order chi connectivity index (χ0) is 41.0. The molecule has 0 bridgehead atoms. The molecule has 0 saturated carbocycles. The first-order valence-corrected chi connectivity index (χ1v) is 20.5. The third-order valence-corrected chi connectivity index (χ3v) is 11.3. The molecule has 0 radical (unpaired) electrons. The van der Waals surface area contributed by atoms with Crippen LogP contribution in [0.25, 0.3) is 123 Å². The van der Waals surface area contributed by atoms with Crippen LogP contribution in [0.5, 0.6) is 0 Å². The van der Waals surface area contributed by atoms with Gasteiger partial charge in [0.1, 0.15) is 22.3 Å². The molecule has 0 aliphatic heterocycles. The minimum absolute atomic E-state index is 0.539. The Labute approximate surface area is 355 Å². The van der Waals surface area contributed by atoms with Crippen molar-refractivity contribution >= 4 is 43.9 Å². The average molecular weight is 796 g/mol. The standard InChI is InChI=1S/C55H33N5O2/c1-3-13-34(14-4-1)46-33-47(57-52(56-46)35-15-5-2-6-16-35)38-19-11-17-36(29-38)37-18-12-20-39(30-37)53-58-54(40-25-27-44-42-21-7-9-23-48(42)61-50(44)31-40)60-55(59-53)41-26-28-45-43-22-8-10-24-49(43)62-51(45)32-41/h1-33H. The summed E-state index contributed by atoms with van der Waals surface area (Å²) in [5.41, 5.74) is 12.4. The first kappa shape index (κ1) is 35.4. The molecule has 62 heavy (non-hydrogen) atoms. The molecule has 4 heterocycles. The van der Waals surface area contributed by atoms with Gasteiger partial charge < -0.3 is 8.83 Å². The van der Waals surface area contributed by atoms with Crippen LogP contribution in [0.3, 0.4) is 0 Å². The second-order valence-electron chi connectivity index (χ2n) is 15.3. The van der Waals surface area contributed by atoms with Gasteiger partial charge in [-0.3, -0.25) is 0 Å². The Morgan fingerprint density at radius 3 is 1.18 bits per heavy atom. The highest BCUT2D eigenvalue weighted by atomic mass is 16.3. The van der Waals surface area contributed by atoms with E-state index >= 15 is 0 Å². The van der Waals surface area contributed by atoms with Gasteiger partial charge in [-0.15, -0.1) is 0 Å². The van der Waals surface area contributed by atoms with Crippen molar-refractivity contribution in [3.63, 3.8) is 0 Å². The van der Waals surface area contributed by atoms with Gasteiger partial charge in [-0.1, -0.05) is 146 Å². The summed E-state index contributed by atoms with van der Waals surface area (Å²) >= 11 is 0. The number of aromatic nitrogens is 5. The summed E-state index contributed by atoms with van der Waals surface area (Å²) in [7, 11) is 0. The highest BCUT2D eigenvalue weighted by Gasteiger charge is 2.18. The zero-order valence-electron chi connectivity index (χ0n) is 33.1. The average Bonchev–Trinajstić information content (AvgIpc) is 3.92. The molecule has 4 aromatic heterocycles. The van der Waals surface area contributed by atoms with Gasteiger partial charge in [-0.25, -0.2) is 24.9 Å². The van der Waals surface area contributed by atoms with Crippen molar-refractivity contribution in [3.8, 4) is 79.2 Å². The zero-order valence-corrected chi connectivity index (χ0v) is 33.1. The van der Waals surface area contributed by atoms with Gasteiger partial charge >= 0.3 is 0 Å². The van der Waals surface area contributed by atoms with Crippen LogP contribution >= 0.6 is 0 Å². The monoisotopic (exact) mass is 795 g/mol.